The molecule has 0 saturated heterocycles. The van der Waals surface area contributed by atoms with Crippen molar-refractivity contribution in [3.63, 3.8) is 0 Å². The Bertz CT molecular complexity index is 1160. The Morgan fingerprint density at radius 3 is 2.53 bits per heavy atom. The quantitative estimate of drug-likeness (QED) is 0.386. The standard InChI is InChI=1S/C21H14F3N3O2S/c22-21(23,24)29-16-5-3-13(4-6-16)10-17(30)12-15-11-14(7-9-25-15)20-27-19-18(28-20)2-1-8-26-19/h1-9,11H,10,12H2. The number of fused-ring (bicyclic) bond motifs is 1. The maximum atomic E-state index is 12.2. The molecule has 0 radical (unpaired) electrons. The third-order valence-electron chi connectivity index (χ3n) is 4.16. The number of alkyl halides is 3. The molecule has 4 aromatic rings. The largest absolute Gasteiger partial charge is 0.573 e. The highest BCUT2D eigenvalue weighted by molar-refractivity contribution is 7.80. The molecule has 0 atom stereocenters. The number of rotatable bonds is 6. The van der Waals surface area contributed by atoms with E-state index in [9.17, 15) is 13.2 Å². The molecule has 0 amide bonds. The number of benzene rings is 1. The maximum absolute atomic E-state index is 12.2. The van der Waals surface area contributed by atoms with Crippen molar-refractivity contribution in [3.8, 4) is 17.2 Å². The zero-order chi connectivity index (χ0) is 21.1. The van der Waals surface area contributed by atoms with E-state index in [0.29, 0.717) is 34.8 Å². The smallest absolute Gasteiger partial charge is 0.434 e. The van der Waals surface area contributed by atoms with Crippen molar-refractivity contribution in [2.75, 3.05) is 0 Å². The van der Waals surface area contributed by atoms with E-state index in [1.165, 1.54) is 12.1 Å². The van der Waals surface area contributed by atoms with Crippen LogP contribution in [0.15, 0.2) is 65.3 Å². The van der Waals surface area contributed by atoms with E-state index < -0.39 is 6.36 Å². The van der Waals surface area contributed by atoms with Gasteiger partial charge in [-0.1, -0.05) is 24.4 Å². The summed E-state index contributed by atoms with van der Waals surface area (Å²) >= 11 is 5.45. The minimum absolute atomic E-state index is 0.264. The summed E-state index contributed by atoms with van der Waals surface area (Å²) in [7, 11) is 0. The Labute approximate surface area is 174 Å². The number of aromatic nitrogens is 3. The number of nitrogens with zero attached hydrogens (tertiary/aromatic N) is 3. The Morgan fingerprint density at radius 2 is 1.80 bits per heavy atom. The molecule has 0 aliphatic heterocycles. The van der Waals surface area contributed by atoms with Gasteiger partial charge in [-0.2, -0.15) is 4.98 Å². The van der Waals surface area contributed by atoms with E-state index in [1.54, 1.807) is 42.7 Å². The van der Waals surface area contributed by atoms with Crippen molar-refractivity contribution in [2.45, 2.75) is 19.2 Å². The summed E-state index contributed by atoms with van der Waals surface area (Å²) in [6.07, 6.45) is -0.549. The van der Waals surface area contributed by atoms with Crippen LogP contribution in [0.2, 0.25) is 0 Å². The fraction of sp³-hybridized carbons (Fsp3) is 0.143. The number of hydrogen-bond donors (Lipinski definition) is 0. The van der Waals surface area contributed by atoms with Crippen LogP contribution in [0.3, 0.4) is 0 Å². The minimum atomic E-state index is -4.71. The van der Waals surface area contributed by atoms with Gasteiger partial charge in [-0.25, -0.2) is 4.98 Å². The molecular weight excluding hydrogens is 415 g/mol. The summed E-state index contributed by atoms with van der Waals surface area (Å²) in [5, 5.41) is 0. The summed E-state index contributed by atoms with van der Waals surface area (Å²) in [4.78, 5) is 13.6. The number of ether oxygens (including phenoxy) is 1. The molecule has 0 N–H and O–H groups in total. The monoisotopic (exact) mass is 429 g/mol. The van der Waals surface area contributed by atoms with E-state index in [4.69, 9.17) is 16.6 Å². The predicted molar refractivity (Wildman–Crippen MR) is 108 cm³/mol. The Morgan fingerprint density at radius 1 is 1.00 bits per heavy atom. The number of halogens is 3. The van der Waals surface area contributed by atoms with Crippen molar-refractivity contribution in [1.82, 2.24) is 15.0 Å². The fourth-order valence-electron chi connectivity index (χ4n) is 2.90. The Hall–Kier alpha value is -3.33. The fourth-order valence-corrected chi connectivity index (χ4v) is 3.22. The van der Waals surface area contributed by atoms with E-state index in [1.807, 2.05) is 6.07 Å². The Kier molecular flexibility index (Phi) is 5.45. The molecule has 0 unspecified atom stereocenters. The number of thiocarbonyl (C=S) groups is 1. The second-order valence-corrected chi connectivity index (χ2v) is 7.04. The van der Waals surface area contributed by atoms with Crippen LogP contribution in [0.4, 0.5) is 13.2 Å². The first kappa shape index (κ1) is 20.0. The second kappa shape index (κ2) is 8.19. The van der Waals surface area contributed by atoms with Gasteiger partial charge >= 0.3 is 6.36 Å². The van der Waals surface area contributed by atoms with Gasteiger partial charge in [-0.15, -0.1) is 13.2 Å². The number of oxazole rings is 1. The van der Waals surface area contributed by atoms with Crippen LogP contribution in [-0.2, 0) is 12.8 Å². The molecule has 5 nitrogen and oxygen atoms in total. The second-order valence-electron chi connectivity index (χ2n) is 6.46. The lowest BCUT2D eigenvalue weighted by molar-refractivity contribution is -0.274. The van der Waals surface area contributed by atoms with Crippen LogP contribution in [0.1, 0.15) is 11.3 Å². The van der Waals surface area contributed by atoms with Crippen LogP contribution in [0, 0.1) is 0 Å². The third-order valence-corrected chi connectivity index (χ3v) is 4.45. The normalized spacial score (nSPS) is 11.6. The molecule has 9 heteroatoms. The topological polar surface area (TPSA) is 61.0 Å². The van der Waals surface area contributed by atoms with Crippen LogP contribution in [0.25, 0.3) is 22.7 Å². The summed E-state index contributed by atoms with van der Waals surface area (Å²) in [5.74, 6) is 0.179. The molecule has 0 fully saturated rings. The highest BCUT2D eigenvalue weighted by Crippen LogP contribution is 2.24. The van der Waals surface area contributed by atoms with Crippen LogP contribution < -0.4 is 4.74 Å². The van der Waals surface area contributed by atoms with Gasteiger partial charge in [0.15, 0.2) is 11.2 Å². The first-order valence-electron chi connectivity index (χ1n) is 8.89. The molecule has 152 valence electrons. The van der Waals surface area contributed by atoms with Gasteiger partial charge < -0.3 is 9.15 Å². The van der Waals surface area contributed by atoms with Crippen LogP contribution in [0.5, 0.6) is 5.75 Å². The molecule has 0 bridgehead atoms. The van der Waals surface area contributed by atoms with Gasteiger partial charge in [0.05, 0.1) is 0 Å². The van der Waals surface area contributed by atoms with Crippen molar-refractivity contribution >= 4 is 28.3 Å². The maximum Gasteiger partial charge on any atom is 0.573 e. The summed E-state index contributed by atoms with van der Waals surface area (Å²) in [5.41, 5.74) is 3.41. The first-order valence-corrected chi connectivity index (χ1v) is 9.30. The molecule has 3 aromatic heterocycles. The van der Waals surface area contributed by atoms with Crippen molar-refractivity contribution < 1.29 is 22.3 Å². The van der Waals surface area contributed by atoms with E-state index in [2.05, 4.69) is 19.7 Å². The van der Waals surface area contributed by atoms with Gasteiger partial charge in [0.1, 0.15) is 5.75 Å². The van der Waals surface area contributed by atoms with Gasteiger partial charge in [-0.05, 0) is 42.0 Å². The average Bonchev–Trinajstić information content (AvgIpc) is 3.13. The summed E-state index contributed by atoms with van der Waals surface area (Å²) < 4.78 is 46.3. The van der Waals surface area contributed by atoms with Gasteiger partial charge in [0.25, 0.3) is 0 Å². The van der Waals surface area contributed by atoms with Crippen LogP contribution >= 0.6 is 12.2 Å². The predicted octanol–water partition coefficient (Wildman–Crippen LogP) is 5.34. The van der Waals surface area contributed by atoms with Gasteiger partial charge in [-0.3, -0.25) is 4.98 Å². The molecule has 0 saturated carbocycles. The highest BCUT2D eigenvalue weighted by Gasteiger charge is 2.30. The minimum Gasteiger partial charge on any atom is -0.434 e. The van der Waals surface area contributed by atoms with Gasteiger partial charge in [0, 0.05) is 41.4 Å². The van der Waals surface area contributed by atoms with Crippen LogP contribution in [-0.4, -0.2) is 26.2 Å². The number of pyridine rings is 2. The molecule has 3 heterocycles. The number of hydrogen-bond acceptors (Lipinski definition) is 6. The molecule has 0 aliphatic rings. The molecule has 4 rings (SSSR count). The molecule has 30 heavy (non-hydrogen) atoms. The SMILES string of the molecule is FC(F)(F)Oc1ccc(CC(=S)Cc2cc(-c3nc4ncccc4o3)ccn2)cc1. The molecule has 0 spiro atoms. The van der Waals surface area contributed by atoms with E-state index in [0.717, 1.165) is 16.8 Å². The lowest BCUT2D eigenvalue weighted by Crippen LogP contribution is -2.17. The molecule has 0 aliphatic carbocycles. The molecular formula is C21H14F3N3O2S. The van der Waals surface area contributed by atoms with Gasteiger partial charge in [0.2, 0.25) is 5.89 Å². The zero-order valence-electron chi connectivity index (χ0n) is 15.4. The van der Waals surface area contributed by atoms with Crippen molar-refractivity contribution in [3.05, 3.63) is 72.2 Å². The lowest BCUT2D eigenvalue weighted by Gasteiger charge is -2.09. The lowest BCUT2D eigenvalue weighted by atomic mass is 10.1. The van der Waals surface area contributed by atoms with E-state index >= 15 is 0 Å². The van der Waals surface area contributed by atoms with Crippen molar-refractivity contribution in [1.29, 1.82) is 0 Å². The average molecular weight is 429 g/mol. The first-order chi connectivity index (χ1) is 14.4. The summed E-state index contributed by atoms with van der Waals surface area (Å²) in [6.45, 7) is 0. The van der Waals surface area contributed by atoms with Crippen molar-refractivity contribution in [2.24, 2.45) is 0 Å². The Balaban J connectivity index is 1.43. The zero-order valence-corrected chi connectivity index (χ0v) is 16.2. The van der Waals surface area contributed by atoms with E-state index in [-0.39, 0.29) is 5.75 Å². The highest BCUT2D eigenvalue weighted by atomic mass is 32.1. The molecule has 1 aromatic carbocycles. The summed E-state index contributed by atoms with van der Waals surface area (Å²) in [6, 6.07) is 12.9. The third kappa shape index (κ3) is 4.98.